The van der Waals surface area contributed by atoms with E-state index >= 15 is 0 Å². The van der Waals surface area contributed by atoms with Gasteiger partial charge in [-0.1, -0.05) is 24.3 Å². The minimum atomic E-state index is -4.38. The molecule has 0 bridgehead atoms. The molecular formula is C27H33F3N2O4. The van der Waals surface area contributed by atoms with Gasteiger partial charge in [0, 0.05) is 20.1 Å². The molecule has 0 saturated carbocycles. The van der Waals surface area contributed by atoms with E-state index in [0.29, 0.717) is 24.5 Å². The Morgan fingerprint density at radius 2 is 1.64 bits per heavy atom. The van der Waals surface area contributed by atoms with Gasteiger partial charge in [0.2, 0.25) is 0 Å². The Morgan fingerprint density at radius 1 is 1.03 bits per heavy atom. The SMILES string of the molecule is CCOC(=O)C(C)(C)Oc1ccc(CCCC2CN(Cc3ccc(C(F)(F)F)cc3)C(=O)N2C)cc1. The fourth-order valence-electron chi connectivity index (χ4n) is 4.18. The molecule has 1 aliphatic rings. The van der Waals surface area contributed by atoms with Gasteiger partial charge >= 0.3 is 18.2 Å². The Labute approximate surface area is 210 Å². The van der Waals surface area contributed by atoms with Gasteiger partial charge in [-0.15, -0.1) is 0 Å². The van der Waals surface area contributed by atoms with Crippen molar-refractivity contribution in [1.82, 2.24) is 9.80 Å². The molecule has 196 valence electrons. The topological polar surface area (TPSA) is 59.1 Å². The van der Waals surface area contributed by atoms with Gasteiger partial charge in [0.1, 0.15) is 5.75 Å². The average Bonchev–Trinajstić information content (AvgIpc) is 3.08. The summed E-state index contributed by atoms with van der Waals surface area (Å²) in [4.78, 5) is 28.0. The molecule has 1 unspecified atom stereocenters. The summed E-state index contributed by atoms with van der Waals surface area (Å²) in [6.45, 7) is 6.18. The van der Waals surface area contributed by atoms with Gasteiger partial charge in [-0.25, -0.2) is 9.59 Å². The van der Waals surface area contributed by atoms with Crippen LogP contribution in [0.1, 0.15) is 50.3 Å². The molecule has 2 aromatic carbocycles. The second kappa shape index (κ2) is 11.2. The van der Waals surface area contributed by atoms with Crippen LogP contribution in [-0.4, -0.2) is 53.6 Å². The number of esters is 1. The minimum absolute atomic E-state index is 0.0416. The van der Waals surface area contributed by atoms with Crippen LogP contribution in [0, 0.1) is 0 Å². The van der Waals surface area contributed by atoms with Gasteiger partial charge in [0.05, 0.1) is 18.2 Å². The van der Waals surface area contributed by atoms with Crippen LogP contribution in [0.25, 0.3) is 0 Å². The summed E-state index contributed by atoms with van der Waals surface area (Å²) in [6.07, 6.45) is -1.89. The van der Waals surface area contributed by atoms with Gasteiger partial charge < -0.3 is 19.3 Å². The third kappa shape index (κ3) is 6.92. The van der Waals surface area contributed by atoms with E-state index in [4.69, 9.17) is 9.47 Å². The summed E-state index contributed by atoms with van der Waals surface area (Å²) in [5, 5.41) is 0. The predicted molar refractivity (Wildman–Crippen MR) is 130 cm³/mol. The number of halogens is 3. The van der Waals surface area contributed by atoms with E-state index in [9.17, 15) is 22.8 Å². The van der Waals surface area contributed by atoms with Crippen LogP contribution in [-0.2, 0) is 28.7 Å². The number of alkyl halides is 3. The number of ether oxygens (including phenoxy) is 2. The third-order valence-corrected chi connectivity index (χ3v) is 6.27. The van der Waals surface area contributed by atoms with Crippen molar-refractivity contribution in [2.75, 3.05) is 20.2 Å². The zero-order valence-corrected chi connectivity index (χ0v) is 21.1. The quantitative estimate of drug-likeness (QED) is 0.389. The second-order valence-electron chi connectivity index (χ2n) is 9.49. The first-order valence-electron chi connectivity index (χ1n) is 12.0. The Morgan fingerprint density at radius 3 is 2.22 bits per heavy atom. The number of hydrogen-bond donors (Lipinski definition) is 0. The van der Waals surface area contributed by atoms with Crippen molar-refractivity contribution in [2.45, 2.75) is 64.4 Å². The number of rotatable bonds is 10. The molecule has 1 heterocycles. The maximum absolute atomic E-state index is 12.8. The number of benzene rings is 2. The molecule has 0 radical (unpaired) electrons. The Hall–Kier alpha value is -3.23. The molecule has 0 aromatic heterocycles. The van der Waals surface area contributed by atoms with E-state index in [1.165, 1.54) is 12.1 Å². The summed E-state index contributed by atoms with van der Waals surface area (Å²) in [6, 6.07) is 12.4. The molecule has 1 aliphatic heterocycles. The van der Waals surface area contributed by atoms with Crippen molar-refractivity contribution in [1.29, 1.82) is 0 Å². The maximum atomic E-state index is 12.8. The lowest BCUT2D eigenvalue weighted by Gasteiger charge is -2.24. The van der Waals surface area contributed by atoms with Gasteiger partial charge in [0.15, 0.2) is 5.60 Å². The van der Waals surface area contributed by atoms with E-state index in [1.54, 1.807) is 37.6 Å². The minimum Gasteiger partial charge on any atom is -0.476 e. The number of nitrogens with zero attached hydrogens (tertiary/aromatic N) is 2. The van der Waals surface area contributed by atoms with Crippen LogP contribution in [0.3, 0.4) is 0 Å². The van der Waals surface area contributed by atoms with Crippen molar-refractivity contribution < 1.29 is 32.2 Å². The van der Waals surface area contributed by atoms with E-state index in [2.05, 4.69) is 0 Å². The molecule has 0 N–H and O–H groups in total. The van der Waals surface area contributed by atoms with E-state index in [1.807, 2.05) is 24.3 Å². The first-order chi connectivity index (χ1) is 16.9. The van der Waals surface area contributed by atoms with Crippen LogP contribution in [0.4, 0.5) is 18.0 Å². The number of urea groups is 1. The van der Waals surface area contributed by atoms with Crippen molar-refractivity contribution in [3.8, 4) is 5.75 Å². The van der Waals surface area contributed by atoms with Crippen molar-refractivity contribution in [3.05, 3.63) is 65.2 Å². The fourth-order valence-corrected chi connectivity index (χ4v) is 4.18. The monoisotopic (exact) mass is 506 g/mol. The van der Waals surface area contributed by atoms with Crippen LogP contribution >= 0.6 is 0 Å². The average molecular weight is 507 g/mol. The summed E-state index contributed by atoms with van der Waals surface area (Å²) in [7, 11) is 1.76. The van der Waals surface area contributed by atoms with Crippen LogP contribution in [0.5, 0.6) is 5.75 Å². The lowest BCUT2D eigenvalue weighted by atomic mass is 10.0. The Kier molecular flexibility index (Phi) is 8.53. The number of hydrogen-bond acceptors (Lipinski definition) is 4. The Bertz CT molecular complexity index is 1040. The van der Waals surface area contributed by atoms with E-state index in [-0.39, 0.29) is 18.6 Å². The molecule has 9 heteroatoms. The number of carbonyl (C=O) groups excluding carboxylic acids is 2. The molecular weight excluding hydrogens is 473 g/mol. The summed E-state index contributed by atoms with van der Waals surface area (Å²) in [5.41, 5.74) is 0.00336. The second-order valence-corrected chi connectivity index (χ2v) is 9.49. The predicted octanol–water partition coefficient (Wildman–Crippen LogP) is 5.68. The smallest absolute Gasteiger partial charge is 0.416 e. The van der Waals surface area contributed by atoms with Crippen LogP contribution < -0.4 is 4.74 Å². The fraction of sp³-hybridized carbons (Fsp3) is 0.481. The maximum Gasteiger partial charge on any atom is 0.416 e. The number of aryl methyl sites for hydroxylation is 1. The van der Waals surface area contributed by atoms with Crippen molar-refractivity contribution in [3.63, 3.8) is 0 Å². The number of amides is 2. The normalized spacial score (nSPS) is 16.4. The molecule has 2 amide bonds. The van der Waals surface area contributed by atoms with Crippen LogP contribution in [0.15, 0.2) is 48.5 Å². The Balaban J connectivity index is 1.48. The largest absolute Gasteiger partial charge is 0.476 e. The highest BCUT2D eigenvalue weighted by atomic mass is 19.4. The molecule has 3 rings (SSSR count). The lowest BCUT2D eigenvalue weighted by molar-refractivity contribution is -0.158. The van der Waals surface area contributed by atoms with Crippen molar-refractivity contribution >= 4 is 12.0 Å². The van der Waals surface area contributed by atoms with Gasteiger partial charge in [-0.3, -0.25) is 0 Å². The summed E-state index contributed by atoms with van der Waals surface area (Å²) >= 11 is 0. The molecule has 2 aromatic rings. The molecule has 36 heavy (non-hydrogen) atoms. The van der Waals surface area contributed by atoms with E-state index < -0.39 is 23.3 Å². The zero-order chi connectivity index (χ0) is 26.5. The molecule has 1 fully saturated rings. The molecule has 6 nitrogen and oxygen atoms in total. The highest BCUT2D eigenvalue weighted by molar-refractivity contribution is 5.79. The number of carbonyl (C=O) groups is 2. The summed E-state index contributed by atoms with van der Waals surface area (Å²) < 4.78 is 49.2. The molecule has 1 atom stereocenters. The number of likely N-dealkylation sites (N-methyl/N-ethyl adjacent to an activating group) is 1. The molecule has 0 spiro atoms. The molecule has 1 saturated heterocycles. The third-order valence-electron chi connectivity index (χ3n) is 6.27. The van der Waals surface area contributed by atoms with Crippen molar-refractivity contribution in [2.24, 2.45) is 0 Å². The van der Waals surface area contributed by atoms with Gasteiger partial charge in [-0.2, -0.15) is 13.2 Å². The standard InChI is InChI=1S/C27H33F3N2O4/c1-5-35-24(33)26(2,3)36-23-15-11-19(12-16-23)7-6-8-22-18-32(25(34)31(22)4)17-20-9-13-21(14-10-20)27(28,29)30/h9-16,22H,5-8,17-18H2,1-4H3. The first-order valence-corrected chi connectivity index (χ1v) is 12.0. The first kappa shape index (κ1) is 27.4. The molecule has 0 aliphatic carbocycles. The highest BCUT2D eigenvalue weighted by Crippen LogP contribution is 2.30. The summed E-state index contributed by atoms with van der Waals surface area (Å²) in [5.74, 6) is 0.161. The van der Waals surface area contributed by atoms with Gasteiger partial charge in [-0.05, 0) is 75.4 Å². The zero-order valence-electron chi connectivity index (χ0n) is 21.1. The van der Waals surface area contributed by atoms with Gasteiger partial charge in [0.25, 0.3) is 0 Å². The highest BCUT2D eigenvalue weighted by Gasteiger charge is 2.35. The van der Waals surface area contributed by atoms with Crippen LogP contribution in [0.2, 0.25) is 0 Å². The lowest BCUT2D eigenvalue weighted by Crippen LogP contribution is -2.39. The van der Waals surface area contributed by atoms with E-state index in [0.717, 1.165) is 37.0 Å².